The van der Waals surface area contributed by atoms with E-state index in [9.17, 15) is 24.8 Å². The summed E-state index contributed by atoms with van der Waals surface area (Å²) in [5.41, 5.74) is 0.144. The highest BCUT2D eigenvalue weighted by Gasteiger charge is 2.44. The van der Waals surface area contributed by atoms with Crippen LogP contribution in [0.25, 0.3) is 0 Å². The van der Waals surface area contributed by atoms with Gasteiger partial charge in [-0.3, -0.25) is 19.7 Å². The summed E-state index contributed by atoms with van der Waals surface area (Å²) in [5.74, 6) is -1.22. The van der Waals surface area contributed by atoms with Gasteiger partial charge >= 0.3 is 5.97 Å². The molecular formula is C37H41BrCl2N2O6P+. The van der Waals surface area contributed by atoms with Crippen molar-refractivity contribution < 1.29 is 24.4 Å². The van der Waals surface area contributed by atoms with Crippen LogP contribution in [0.15, 0.2) is 115 Å². The van der Waals surface area contributed by atoms with Gasteiger partial charge in [0.2, 0.25) is 0 Å². The summed E-state index contributed by atoms with van der Waals surface area (Å²) in [6.45, 7) is -0.326. The lowest BCUT2D eigenvalue weighted by Gasteiger charge is -2.27. The van der Waals surface area contributed by atoms with Crippen molar-refractivity contribution in [2.75, 3.05) is 12.8 Å². The monoisotopic (exact) mass is 789 g/mol. The molecule has 2 atom stereocenters. The van der Waals surface area contributed by atoms with Gasteiger partial charge in [-0.1, -0.05) is 90.6 Å². The largest absolute Gasteiger partial charge is 0.463 e. The molecule has 8 nitrogen and oxygen atoms in total. The number of hydrogen-bond acceptors (Lipinski definition) is 6. The van der Waals surface area contributed by atoms with E-state index in [1.165, 1.54) is 40.2 Å². The fourth-order valence-corrected chi connectivity index (χ4v) is 10.3. The summed E-state index contributed by atoms with van der Waals surface area (Å²) in [5, 5.41) is 28.4. The van der Waals surface area contributed by atoms with Crippen molar-refractivity contribution in [2.24, 2.45) is 0 Å². The molecule has 4 aromatic rings. The number of nitro groups is 1. The first kappa shape index (κ1) is 40.1. The predicted molar refractivity (Wildman–Crippen MR) is 204 cm³/mol. The SMILES string of the molecule is Br.O=C(CCCCCCC[P+](c1ccccc1)(c1ccccc1)c1ccccc1)OC[C@H](NC(=O)C(Cl)Cl)[C@H](O)c1ccc([N+](=O)[O-])cc1. The number of non-ortho nitro benzene ring substituents is 1. The van der Waals surface area contributed by atoms with Gasteiger partial charge < -0.3 is 15.2 Å². The molecule has 0 aliphatic rings. The van der Waals surface area contributed by atoms with E-state index in [4.69, 9.17) is 27.9 Å². The summed E-state index contributed by atoms with van der Waals surface area (Å²) in [7, 11) is -1.87. The van der Waals surface area contributed by atoms with Crippen molar-refractivity contribution in [1.29, 1.82) is 0 Å². The Morgan fingerprint density at radius 3 is 1.69 bits per heavy atom. The Morgan fingerprint density at radius 2 is 1.22 bits per heavy atom. The number of aliphatic hydroxyl groups is 1. The number of rotatable bonds is 18. The minimum atomic E-state index is -1.87. The van der Waals surface area contributed by atoms with Gasteiger partial charge in [0, 0.05) is 18.6 Å². The second-order valence-electron chi connectivity index (χ2n) is 11.5. The van der Waals surface area contributed by atoms with Crippen molar-refractivity contribution >= 4 is 80.9 Å². The summed E-state index contributed by atoms with van der Waals surface area (Å²) < 4.78 is 5.41. The molecule has 260 valence electrons. The molecule has 0 aliphatic heterocycles. The third-order valence-corrected chi connectivity index (χ3v) is 13.2. The molecule has 4 aromatic carbocycles. The second-order valence-corrected chi connectivity index (χ2v) is 16.2. The Kier molecular flexibility index (Phi) is 16.7. The maximum Gasteiger partial charge on any atom is 0.305 e. The molecule has 0 saturated heterocycles. The van der Waals surface area contributed by atoms with Crippen LogP contribution in [0.4, 0.5) is 5.69 Å². The standard InChI is InChI=1S/C37H39Cl2N2O6P.BrH/c38-36(39)37(44)40-33(35(43)28-22-24-29(25-23-28)41(45)46)27-47-34(42)21-13-2-1-3-14-26-48(30-15-7-4-8-16-30,31-17-9-5-10-18-31)32-19-11-6-12-20-32;/h4-12,15-20,22-25,33,35-36,43H,1-3,13-14,21,26-27H2;1H/p+1/t33-,35+;/m0./s1. The molecule has 4 rings (SSSR count). The Hall–Kier alpha value is -3.33. The van der Waals surface area contributed by atoms with Crippen LogP contribution in [0.5, 0.6) is 0 Å². The number of aliphatic hydroxyl groups excluding tert-OH is 1. The topological polar surface area (TPSA) is 119 Å². The van der Waals surface area contributed by atoms with Gasteiger partial charge in [0.15, 0.2) is 4.84 Å². The number of halogens is 3. The van der Waals surface area contributed by atoms with E-state index in [2.05, 4.69) is 96.3 Å². The fraction of sp³-hybridized carbons (Fsp3) is 0.297. The van der Waals surface area contributed by atoms with Crippen LogP contribution in [-0.4, -0.2) is 45.6 Å². The lowest BCUT2D eigenvalue weighted by molar-refractivity contribution is -0.384. The molecule has 0 aliphatic carbocycles. The van der Waals surface area contributed by atoms with E-state index in [1.807, 2.05) is 0 Å². The second kappa shape index (κ2) is 20.4. The van der Waals surface area contributed by atoms with Crippen molar-refractivity contribution in [1.82, 2.24) is 5.32 Å². The van der Waals surface area contributed by atoms with Gasteiger partial charge in [0.25, 0.3) is 11.6 Å². The van der Waals surface area contributed by atoms with Crippen molar-refractivity contribution in [2.45, 2.75) is 55.5 Å². The normalized spacial score (nSPS) is 12.4. The van der Waals surface area contributed by atoms with Gasteiger partial charge in [-0.05, 0) is 73.4 Å². The zero-order chi connectivity index (χ0) is 34.4. The van der Waals surface area contributed by atoms with Crippen LogP contribution < -0.4 is 21.2 Å². The third-order valence-electron chi connectivity index (χ3n) is 8.24. The molecule has 2 N–H and O–H groups in total. The molecule has 49 heavy (non-hydrogen) atoms. The Balaban J connectivity index is 0.00000650. The van der Waals surface area contributed by atoms with E-state index in [1.54, 1.807) is 0 Å². The highest BCUT2D eigenvalue weighted by Crippen LogP contribution is 2.56. The molecule has 0 unspecified atom stereocenters. The zero-order valence-corrected chi connectivity index (χ0v) is 31.0. The average molecular weight is 792 g/mol. The summed E-state index contributed by atoms with van der Waals surface area (Å²) >= 11 is 11.3. The molecule has 0 heterocycles. The number of amides is 1. The molecule has 1 amide bonds. The molecule has 0 bridgehead atoms. The van der Waals surface area contributed by atoms with Crippen LogP contribution in [-0.2, 0) is 14.3 Å². The average Bonchev–Trinajstić information content (AvgIpc) is 3.12. The molecular weight excluding hydrogens is 750 g/mol. The van der Waals surface area contributed by atoms with Crippen molar-refractivity contribution in [3.05, 3.63) is 131 Å². The highest BCUT2D eigenvalue weighted by atomic mass is 79.9. The lowest BCUT2D eigenvalue weighted by atomic mass is 10.0. The molecule has 0 fully saturated rings. The number of nitro benzene ring substituents is 1. The smallest absolute Gasteiger partial charge is 0.305 e. The number of benzene rings is 4. The number of hydrogen-bond donors (Lipinski definition) is 2. The first-order chi connectivity index (χ1) is 23.2. The minimum Gasteiger partial charge on any atom is -0.463 e. The molecule has 12 heteroatoms. The third kappa shape index (κ3) is 11.3. The molecule has 0 radical (unpaired) electrons. The number of ether oxygens (including phenoxy) is 1. The van der Waals surface area contributed by atoms with Crippen LogP contribution in [0.3, 0.4) is 0 Å². The van der Waals surface area contributed by atoms with Gasteiger partial charge in [-0.25, -0.2) is 0 Å². The van der Waals surface area contributed by atoms with Gasteiger partial charge in [-0.2, -0.15) is 0 Å². The maximum absolute atomic E-state index is 12.6. The predicted octanol–water partition coefficient (Wildman–Crippen LogP) is 7.37. The number of carbonyl (C=O) groups is 2. The first-order valence-electron chi connectivity index (χ1n) is 15.9. The zero-order valence-electron chi connectivity index (χ0n) is 26.9. The van der Waals surface area contributed by atoms with Crippen LogP contribution in [0, 0.1) is 10.1 Å². The van der Waals surface area contributed by atoms with Gasteiger partial charge in [-0.15, -0.1) is 17.0 Å². The summed E-state index contributed by atoms with van der Waals surface area (Å²) in [6, 6.07) is 36.6. The number of nitrogens with one attached hydrogen (secondary N) is 1. The van der Waals surface area contributed by atoms with Crippen molar-refractivity contribution in [3.8, 4) is 0 Å². The Labute approximate surface area is 308 Å². The fourth-order valence-electron chi connectivity index (χ4n) is 5.77. The van der Waals surface area contributed by atoms with E-state index < -0.39 is 41.0 Å². The van der Waals surface area contributed by atoms with Gasteiger partial charge in [0.05, 0.1) is 17.1 Å². The molecule has 0 aromatic heterocycles. The lowest BCUT2D eigenvalue weighted by Crippen LogP contribution is -2.45. The maximum atomic E-state index is 12.6. The number of nitrogens with zero attached hydrogens (tertiary/aromatic N) is 1. The van der Waals surface area contributed by atoms with Crippen LogP contribution in [0.2, 0.25) is 0 Å². The number of esters is 1. The highest BCUT2D eigenvalue weighted by molar-refractivity contribution is 8.93. The quantitative estimate of drug-likeness (QED) is 0.0272. The Bertz CT molecular complexity index is 1510. The molecule has 0 spiro atoms. The summed E-state index contributed by atoms with van der Waals surface area (Å²) in [6.07, 6.45) is 4.44. The van der Waals surface area contributed by atoms with Crippen LogP contribution in [0.1, 0.15) is 50.2 Å². The number of alkyl halides is 2. The van der Waals surface area contributed by atoms with E-state index in [0.717, 1.165) is 31.8 Å². The van der Waals surface area contributed by atoms with E-state index in [0.29, 0.717) is 12.0 Å². The van der Waals surface area contributed by atoms with E-state index >= 15 is 0 Å². The first-order valence-corrected chi connectivity index (χ1v) is 18.8. The van der Waals surface area contributed by atoms with E-state index in [-0.39, 0.29) is 35.7 Å². The summed E-state index contributed by atoms with van der Waals surface area (Å²) in [4.78, 5) is 33.8. The van der Waals surface area contributed by atoms with Crippen LogP contribution >= 0.6 is 47.4 Å². The Morgan fingerprint density at radius 1 is 0.755 bits per heavy atom. The van der Waals surface area contributed by atoms with Crippen molar-refractivity contribution in [3.63, 3.8) is 0 Å². The number of carbonyl (C=O) groups excluding carboxylic acids is 2. The minimum absolute atomic E-state index is 0. The molecule has 0 saturated carbocycles. The number of unbranched alkanes of at least 4 members (excludes halogenated alkanes) is 4. The van der Waals surface area contributed by atoms with Gasteiger partial charge in [0.1, 0.15) is 35.9 Å².